The summed E-state index contributed by atoms with van der Waals surface area (Å²) in [5.74, 6) is 1.53. The van der Waals surface area contributed by atoms with Crippen LogP contribution in [-0.2, 0) is 0 Å². The second-order valence-electron chi connectivity index (χ2n) is 8.92. The van der Waals surface area contributed by atoms with Crippen LogP contribution in [0.1, 0.15) is 47.6 Å². The number of hydrogen-bond acceptors (Lipinski definition) is 5. The zero-order chi connectivity index (χ0) is 21.5. The quantitative estimate of drug-likeness (QED) is 0.530. The van der Waals surface area contributed by atoms with Crippen LogP contribution < -0.4 is 16.0 Å². The summed E-state index contributed by atoms with van der Waals surface area (Å²) in [6.07, 6.45) is 9.67. The van der Waals surface area contributed by atoms with Gasteiger partial charge in [0.25, 0.3) is 0 Å². The summed E-state index contributed by atoms with van der Waals surface area (Å²) in [5.41, 5.74) is 10.5. The summed E-state index contributed by atoms with van der Waals surface area (Å²) in [6.45, 7) is 4.15. The van der Waals surface area contributed by atoms with Gasteiger partial charge in [-0.25, -0.2) is 4.98 Å². The fraction of sp³-hybridized carbons (Fsp3) is 0.259. The van der Waals surface area contributed by atoms with E-state index in [0.717, 1.165) is 54.4 Å². The lowest BCUT2D eigenvalue weighted by Gasteiger charge is -2.28. The number of fused-ring (bicyclic) bond motifs is 1. The lowest BCUT2D eigenvalue weighted by molar-refractivity contribution is 0.448. The number of aryl methyl sites for hydroxylation is 1. The molecular formula is C27H27N5. The van der Waals surface area contributed by atoms with Gasteiger partial charge in [0.15, 0.2) is 0 Å². The van der Waals surface area contributed by atoms with Gasteiger partial charge in [0.2, 0.25) is 0 Å². The first-order valence-corrected chi connectivity index (χ1v) is 11.5. The first-order chi connectivity index (χ1) is 15.7. The molecule has 1 saturated heterocycles. The fourth-order valence-corrected chi connectivity index (χ4v) is 4.49. The van der Waals surface area contributed by atoms with Gasteiger partial charge in [-0.2, -0.15) is 0 Å². The number of nitrogens with one attached hydrogen (secondary N) is 3. The third kappa shape index (κ3) is 3.49. The molecule has 0 bridgehead atoms. The van der Waals surface area contributed by atoms with Crippen molar-refractivity contribution in [3.8, 4) is 11.3 Å². The molecule has 3 aromatic rings. The Hall–Kier alpha value is -3.44. The average molecular weight is 422 g/mol. The van der Waals surface area contributed by atoms with E-state index in [2.05, 4.69) is 63.4 Å². The Morgan fingerprint density at radius 2 is 1.88 bits per heavy atom. The van der Waals surface area contributed by atoms with E-state index in [1.54, 1.807) is 0 Å². The number of anilines is 2. The standard InChI is InChI=1S/C27H27N5/c1-17-5-6-21(16-30-17)24-13-20-11-12-29-26(19-3-2-4-19)25(20)27(32-24)31-23-9-7-18(8-10-23)22-14-28-15-22/h5-13,16,22,28-29H,2-4,14-15H2,1H3,(H,31,32). The smallest absolute Gasteiger partial charge is 0.141 e. The largest absolute Gasteiger partial charge is 0.361 e. The van der Waals surface area contributed by atoms with Crippen molar-refractivity contribution < 1.29 is 0 Å². The van der Waals surface area contributed by atoms with E-state index in [0.29, 0.717) is 5.92 Å². The van der Waals surface area contributed by atoms with Gasteiger partial charge in [0.1, 0.15) is 5.82 Å². The second kappa shape index (κ2) is 7.92. The topological polar surface area (TPSA) is 61.9 Å². The van der Waals surface area contributed by atoms with Gasteiger partial charge in [-0.1, -0.05) is 12.1 Å². The van der Waals surface area contributed by atoms with Gasteiger partial charge in [0, 0.05) is 59.6 Å². The van der Waals surface area contributed by atoms with Crippen LogP contribution >= 0.6 is 0 Å². The van der Waals surface area contributed by atoms with Gasteiger partial charge in [-0.3, -0.25) is 4.98 Å². The Morgan fingerprint density at radius 1 is 1.03 bits per heavy atom. The molecular weight excluding hydrogens is 394 g/mol. The van der Waals surface area contributed by atoms with Crippen LogP contribution in [0.4, 0.5) is 11.5 Å². The van der Waals surface area contributed by atoms with E-state index in [9.17, 15) is 0 Å². The summed E-state index contributed by atoms with van der Waals surface area (Å²) in [4.78, 5) is 9.57. The number of nitrogens with zero attached hydrogens (tertiary/aromatic N) is 2. The Morgan fingerprint density at radius 3 is 2.53 bits per heavy atom. The molecule has 5 nitrogen and oxygen atoms in total. The van der Waals surface area contributed by atoms with E-state index in [1.807, 2.05) is 25.4 Å². The van der Waals surface area contributed by atoms with Crippen molar-refractivity contribution in [1.82, 2.24) is 20.6 Å². The van der Waals surface area contributed by atoms with Gasteiger partial charge in [-0.15, -0.1) is 0 Å². The first kappa shape index (κ1) is 19.3. The lowest BCUT2D eigenvalue weighted by atomic mass is 9.86. The number of rotatable bonds is 4. The van der Waals surface area contributed by atoms with Crippen LogP contribution in [0.15, 0.2) is 60.4 Å². The molecule has 32 heavy (non-hydrogen) atoms. The molecule has 0 spiro atoms. The third-order valence-corrected chi connectivity index (χ3v) is 6.73. The molecule has 0 unspecified atom stereocenters. The number of hydrogen-bond donors (Lipinski definition) is 3. The van der Waals surface area contributed by atoms with Crippen molar-refractivity contribution in [2.24, 2.45) is 0 Å². The molecule has 1 aromatic carbocycles. The van der Waals surface area contributed by atoms with Gasteiger partial charge in [-0.05, 0) is 79.3 Å². The normalized spacial score (nSPS) is 17.3. The summed E-state index contributed by atoms with van der Waals surface area (Å²) in [5, 5.41) is 10.5. The average Bonchev–Trinajstić information content (AvgIpc) is 2.73. The third-order valence-electron chi connectivity index (χ3n) is 6.73. The van der Waals surface area contributed by atoms with E-state index < -0.39 is 0 Å². The Kier molecular flexibility index (Phi) is 4.76. The van der Waals surface area contributed by atoms with Crippen molar-refractivity contribution >= 4 is 23.3 Å². The predicted octanol–water partition coefficient (Wildman–Crippen LogP) is 5.35. The second-order valence-corrected chi connectivity index (χ2v) is 8.92. The minimum atomic E-state index is 0.636. The summed E-state index contributed by atoms with van der Waals surface area (Å²) >= 11 is 0. The maximum atomic E-state index is 5.09. The molecule has 0 amide bonds. The van der Waals surface area contributed by atoms with Gasteiger partial charge in [0.05, 0.1) is 5.69 Å². The summed E-state index contributed by atoms with van der Waals surface area (Å²) in [6, 6.07) is 15.1. The van der Waals surface area contributed by atoms with Crippen molar-refractivity contribution in [2.75, 3.05) is 18.4 Å². The molecule has 160 valence electrons. The highest BCUT2D eigenvalue weighted by molar-refractivity contribution is 5.88. The number of pyridine rings is 2. The Bertz CT molecular complexity index is 1210. The minimum Gasteiger partial charge on any atom is -0.361 e. The number of aromatic nitrogens is 2. The number of benzene rings is 1. The van der Waals surface area contributed by atoms with E-state index >= 15 is 0 Å². The maximum Gasteiger partial charge on any atom is 0.141 e. The maximum absolute atomic E-state index is 5.09. The molecule has 5 heteroatoms. The van der Waals surface area contributed by atoms with E-state index in [-0.39, 0.29) is 0 Å². The summed E-state index contributed by atoms with van der Waals surface area (Å²) in [7, 11) is 0. The summed E-state index contributed by atoms with van der Waals surface area (Å²) < 4.78 is 0. The highest BCUT2D eigenvalue weighted by Gasteiger charge is 2.24. The molecule has 1 aliphatic carbocycles. The lowest BCUT2D eigenvalue weighted by Crippen LogP contribution is -2.39. The molecule has 6 rings (SSSR count). The minimum absolute atomic E-state index is 0.636. The van der Waals surface area contributed by atoms with Crippen LogP contribution in [0.25, 0.3) is 23.0 Å². The Labute approximate surface area is 188 Å². The zero-order valence-corrected chi connectivity index (χ0v) is 18.3. The van der Waals surface area contributed by atoms with Crippen LogP contribution in [0.2, 0.25) is 0 Å². The highest BCUT2D eigenvalue weighted by Crippen LogP contribution is 2.40. The fourth-order valence-electron chi connectivity index (χ4n) is 4.49. The molecule has 2 fully saturated rings. The van der Waals surface area contributed by atoms with Crippen molar-refractivity contribution in [1.29, 1.82) is 0 Å². The molecule has 0 atom stereocenters. The molecule has 4 heterocycles. The zero-order valence-electron chi connectivity index (χ0n) is 18.3. The first-order valence-electron chi connectivity index (χ1n) is 11.5. The van der Waals surface area contributed by atoms with Gasteiger partial charge >= 0.3 is 0 Å². The Balaban J connectivity index is 1.43. The molecule has 0 radical (unpaired) electrons. The monoisotopic (exact) mass is 421 g/mol. The molecule has 2 aromatic heterocycles. The van der Waals surface area contributed by atoms with E-state index in [4.69, 9.17) is 4.98 Å². The molecule has 2 aliphatic heterocycles. The SMILES string of the molecule is Cc1ccc(-c2cc3c(c(Nc4ccc(C5CNC5)cc4)n2)C(=C2CCC2)NC=C3)cn1. The molecule has 1 saturated carbocycles. The van der Waals surface area contributed by atoms with E-state index in [1.165, 1.54) is 34.4 Å². The van der Waals surface area contributed by atoms with Crippen molar-refractivity contribution in [3.05, 3.63) is 82.8 Å². The molecule has 3 aliphatic rings. The predicted molar refractivity (Wildman–Crippen MR) is 130 cm³/mol. The number of allylic oxidation sites excluding steroid dienone is 1. The van der Waals surface area contributed by atoms with Gasteiger partial charge < -0.3 is 16.0 Å². The van der Waals surface area contributed by atoms with Crippen LogP contribution in [0.3, 0.4) is 0 Å². The molecule has 3 N–H and O–H groups in total. The van der Waals surface area contributed by atoms with Crippen molar-refractivity contribution in [2.45, 2.75) is 32.1 Å². The highest BCUT2D eigenvalue weighted by atomic mass is 15.0. The van der Waals surface area contributed by atoms with Crippen LogP contribution in [0, 0.1) is 6.92 Å². The van der Waals surface area contributed by atoms with Crippen molar-refractivity contribution in [3.63, 3.8) is 0 Å². The van der Waals surface area contributed by atoms with Crippen LogP contribution in [0.5, 0.6) is 0 Å². The van der Waals surface area contributed by atoms with Crippen LogP contribution in [-0.4, -0.2) is 23.1 Å².